The molecule has 4 aromatic rings. The number of amides is 2. The van der Waals surface area contributed by atoms with Gasteiger partial charge in [0.05, 0.1) is 23.1 Å². The summed E-state index contributed by atoms with van der Waals surface area (Å²) in [5, 5.41) is 12.5. The molecule has 5 rings (SSSR count). The maximum Gasteiger partial charge on any atom is 0.258 e. The highest BCUT2D eigenvalue weighted by atomic mass is 16.2. The van der Waals surface area contributed by atoms with Crippen LogP contribution in [0.1, 0.15) is 10.4 Å². The molecule has 4 N–H and O–H groups in total. The van der Waals surface area contributed by atoms with Crippen molar-refractivity contribution >= 4 is 34.5 Å². The number of imidazole rings is 1. The van der Waals surface area contributed by atoms with Crippen molar-refractivity contribution in [2.45, 2.75) is 0 Å². The summed E-state index contributed by atoms with van der Waals surface area (Å²) in [7, 11) is 0. The molecule has 10 nitrogen and oxygen atoms in total. The third-order valence-corrected chi connectivity index (χ3v) is 4.84. The number of rotatable bonds is 4. The lowest BCUT2D eigenvalue weighted by Crippen LogP contribution is -2.48. The molecule has 0 radical (unpaired) electrons. The minimum atomic E-state index is -0.326. The number of nitrogens with zero attached hydrogens (tertiary/aromatic N) is 4. The van der Waals surface area contributed by atoms with Gasteiger partial charge < -0.3 is 20.5 Å². The Bertz CT molecular complexity index is 1190. The van der Waals surface area contributed by atoms with E-state index in [0.29, 0.717) is 41.8 Å². The van der Waals surface area contributed by atoms with Gasteiger partial charge in [0, 0.05) is 25.4 Å². The first kappa shape index (κ1) is 17.9. The van der Waals surface area contributed by atoms with E-state index in [-0.39, 0.29) is 18.4 Å². The van der Waals surface area contributed by atoms with E-state index >= 15 is 0 Å². The lowest BCUT2D eigenvalue weighted by atomic mass is 10.2. The maximum absolute atomic E-state index is 12.5. The first-order chi connectivity index (χ1) is 14.7. The number of aromatic nitrogens is 5. The van der Waals surface area contributed by atoms with Gasteiger partial charge in [0.2, 0.25) is 5.91 Å². The Hall–Kier alpha value is -4.21. The van der Waals surface area contributed by atoms with Crippen LogP contribution in [0.5, 0.6) is 0 Å². The molecule has 1 saturated heterocycles. The van der Waals surface area contributed by atoms with E-state index in [1.165, 1.54) is 6.20 Å². The van der Waals surface area contributed by atoms with Gasteiger partial charge in [-0.25, -0.2) is 9.97 Å². The normalized spacial score (nSPS) is 14.0. The van der Waals surface area contributed by atoms with Gasteiger partial charge >= 0.3 is 0 Å². The number of fused-ring (bicyclic) bond motifs is 1. The smallest absolute Gasteiger partial charge is 0.258 e. The molecule has 1 aliphatic heterocycles. The number of carbonyl (C=O) groups is 2. The average molecular weight is 402 g/mol. The van der Waals surface area contributed by atoms with Crippen LogP contribution in [0.4, 0.5) is 11.6 Å². The third-order valence-electron chi connectivity index (χ3n) is 4.84. The second-order valence-corrected chi connectivity index (χ2v) is 6.90. The molecule has 0 saturated carbocycles. The van der Waals surface area contributed by atoms with Crippen LogP contribution >= 0.6 is 0 Å². The van der Waals surface area contributed by atoms with Gasteiger partial charge in [0.15, 0.2) is 11.6 Å². The van der Waals surface area contributed by atoms with Gasteiger partial charge in [-0.2, -0.15) is 5.10 Å². The van der Waals surface area contributed by atoms with Gasteiger partial charge in [-0.05, 0) is 24.3 Å². The Balaban J connectivity index is 1.28. The van der Waals surface area contributed by atoms with Crippen molar-refractivity contribution in [1.82, 2.24) is 30.5 Å². The van der Waals surface area contributed by atoms with Crippen molar-refractivity contribution < 1.29 is 9.59 Å². The first-order valence-corrected chi connectivity index (χ1v) is 9.45. The van der Waals surface area contributed by atoms with E-state index in [1.54, 1.807) is 18.2 Å². The quantitative estimate of drug-likeness (QED) is 0.409. The number of piperazine rings is 1. The summed E-state index contributed by atoms with van der Waals surface area (Å²) >= 11 is 0. The molecule has 10 heteroatoms. The minimum Gasteiger partial charge on any atom is -0.353 e. The summed E-state index contributed by atoms with van der Waals surface area (Å²) in [4.78, 5) is 38.0. The summed E-state index contributed by atoms with van der Waals surface area (Å²) in [6.07, 6.45) is 1.49. The van der Waals surface area contributed by atoms with Gasteiger partial charge in [-0.3, -0.25) is 14.7 Å². The molecule has 3 aromatic heterocycles. The predicted molar refractivity (Wildman–Crippen MR) is 111 cm³/mol. The Morgan fingerprint density at radius 3 is 2.87 bits per heavy atom. The first-order valence-electron chi connectivity index (χ1n) is 9.45. The van der Waals surface area contributed by atoms with Crippen LogP contribution in [0.2, 0.25) is 0 Å². The number of hydrogen-bond acceptors (Lipinski definition) is 6. The summed E-state index contributed by atoms with van der Waals surface area (Å²) in [6, 6.07) is 12.8. The monoisotopic (exact) mass is 402 g/mol. The zero-order valence-corrected chi connectivity index (χ0v) is 15.8. The topological polar surface area (TPSA) is 132 Å². The second-order valence-electron chi connectivity index (χ2n) is 6.90. The number of carbonyl (C=O) groups excluding carboxylic acids is 2. The fourth-order valence-electron chi connectivity index (χ4n) is 3.32. The molecule has 150 valence electrons. The third kappa shape index (κ3) is 3.46. The largest absolute Gasteiger partial charge is 0.353 e. The predicted octanol–water partition coefficient (Wildman–Crippen LogP) is 1.54. The van der Waals surface area contributed by atoms with Crippen LogP contribution in [-0.4, -0.2) is 56.6 Å². The average Bonchev–Trinajstić information content (AvgIpc) is 3.40. The number of benzene rings is 1. The lowest BCUT2D eigenvalue weighted by Gasteiger charge is -2.27. The molecular weight excluding hydrogens is 384 g/mol. The molecule has 30 heavy (non-hydrogen) atoms. The molecule has 1 aromatic carbocycles. The van der Waals surface area contributed by atoms with Crippen molar-refractivity contribution in [2.24, 2.45) is 0 Å². The molecule has 0 unspecified atom stereocenters. The second kappa shape index (κ2) is 7.32. The molecule has 0 atom stereocenters. The molecule has 0 aliphatic carbocycles. The number of nitrogens with one attached hydrogen (secondary N) is 4. The van der Waals surface area contributed by atoms with E-state index in [1.807, 2.05) is 29.2 Å². The maximum atomic E-state index is 12.5. The SMILES string of the molecule is O=C1CN(c2ccc(C(=O)Nc3cc(-c4nc5ccccc5[nH]4)[nH]n3)cn2)CCN1. The molecule has 0 bridgehead atoms. The number of para-hydroxylation sites is 2. The zero-order valence-electron chi connectivity index (χ0n) is 15.8. The van der Waals surface area contributed by atoms with E-state index in [0.717, 1.165) is 11.0 Å². The fourth-order valence-corrected chi connectivity index (χ4v) is 3.32. The summed E-state index contributed by atoms with van der Waals surface area (Å²) in [5.74, 6) is 1.32. The van der Waals surface area contributed by atoms with Crippen molar-refractivity contribution in [2.75, 3.05) is 29.9 Å². The molecule has 4 heterocycles. The lowest BCUT2D eigenvalue weighted by molar-refractivity contribution is -0.120. The van der Waals surface area contributed by atoms with Gasteiger partial charge in [-0.1, -0.05) is 12.1 Å². The van der Waals surface area contributed by atoms with Crippen molar-refractivity contribution in [3.8, 4) is 11.5 Å². The van der Waals surface area contributed by atoms with Gasteiger partial charge in [0.1, 0.15) is 11.5 Å². The minimum absolute atomic E-state index is 0.0383. The highest BCUT2D eigenvalue weighted by Crippen LogP contribution is 2.21. The van der Waals surface area contributed by atoms with Crippen LogP contribution in [0.25, 0.3) is 22.6 Å². The zero-order chi connectivity index (χ0) is 20.5. The standard InChI is InChI=1S/C20H18N8O2/c29-18-11-28(8-7-21-18)17-6-5-12(10-22-17)20(30)25-16-9-15(26-27-16)19-23-13-3-1-2-4-14(13)24-19/h1-6,9-10H,7-8,11H2,(H,21,29)(H,23,24)(H2,25,26,27,30). The highest BCUT2D eigenvalue weighted by molar-refractivity contribution is 6.03. The van der Waals surface area contributed by atoms with Crippen molar-refractivity contribution in [3.05, 3.63) is 54.2 Å². The molecule has 1 aliphatic rings. The summed E-state index contributed by atoms with van der Waals surface area (Å²) in [5.41, 5.74) is 2.84. The summed E-state index contributed by atoms with van der Waals surface area (Å²) < 4.78 is 0. The van der Waals surface area contributed by atoms with Crippen LogP contribution in [0.3, 0.4) is 0 Å². The molecular formula is C20H18N8O2. The van der Waals surface area contributed by atoms with Gasteiger partial charge in [-0.15, -0.1) is 0 Å². The van der Waals surface area contributed by atoms with Gasteiger partial charge in [0.25, 0.3) is 5.91 Å². The van der Waals surface area contributed by atoms with Crippen molar-refractivity contribution in [1.29, 1.82) is 0 Å². The van der Waals surface area contributed by atoms with E-state index in [2.05, 4.69) is 35.8 Å². The summed E-state index contributed by atoms with van der Waals surface area (Å²) in [6.45, 7) is 1.52. The Morgan fingerprint density at radius 1 is 1.17 bits per heavy atom. The Morgan fingerprint density at radius 2 is 2.07 bits per heavy atom. The van der Waals surface area contributed by atoms with E-state index < -0.39 is 0 Å². The number of anilines is 2. The van der Waals surface area contributed by atoms with Crippen LogP contribution in [0, 0.1) is 0 Å². The number of hydrogen-bond donors (Lipinski definition) is 4. The fraction of sp³-hybridized carbons (Fsp3) is 0.150. The highest BCUT2D eigenvalue weighted by Gasteiger charge is 2.18. The van der Waals surface area contributed by atoms with Crippen LogP contribution < -0.4 is 15.5 Å². The number of pyridine rings is 1. The Labute approximate surface area is 170 Å². The van der Waals surface area contributed by atoms with Crippen molar-refractivity contribution in [3.63, 3.8) is 0 Å². The number of aromatic amines is 2. The van der Waals surface area contributed by atoms with Crippen LogP contribution in [-0.2, 0) is 4.79 Å². The van der Waals surface area contributed by atoms with Crippen LogP contribution in [0.15, 0.2) is 48.7 Å². The van der Waals surface area contributed by atoms with E-state index in [9.17, 15) is 9.59 Å². The molecule has 0 spiro atoms. The van der Waals surface area contributed by atoms with E-state index in [4.69, 9.17) is 0 Å². The molecule has 1 fully saturated rings. The molecule has 2 amide bonds. The number of H-pyrrole nitrogens is 2. The Kier molecular flexibility index (Phi) is 4.36.